The molecule has 1 aromatic rings. The maximum atomic E-state index is 5.77. The first kappa shape index (κ1) is 12.1. The molecule has 3 heteroatoms. The first-order valence-corrected chi connectivity index (χ1v) is 7.06. The standard InChI is InChI=1S/C13H21NOS/c1-10(2)13-7-12(3-5-15-13)14-8-11-4-6-16-9-11/h4,6,9-10,12-14H,3,5,7-8H2,1-2H3. The van der Waals surface area contributed by atoms with Crippen molar-refractivity contribution in [1.29, 1.82) is 0 Å². The first-order valence-electron chi connectivity index (χ1n) is 6.12. The Hall–Kier alpha value is -0.380. The molecule has 1 aliphatic heterocycles. The Morgan fingerprint density at radius 3 is 3.12 bits per heavy atom. The number of ether oxygens (including phenoxy) is 1. The fourth-order valence-electron chi connectivity index (χ4n) is 2.13. The maximum Gasteiger partial charge on any atom is 0.0612 e. The summed E-state index contributed by atoms with van der Waals surface area (Å²) in [5.41, 5.74) is 1.40. The van der Waals surface area contributed by atoms with Gasteiger partial charge in [-0.2, -0.15) is 11.3 Å². The van der Waals surface area contributed by atoms with Crippen molar-refractivity contribution in [2.75, 3.05) is 6.61 Å². The lowest BCUT2D eigenvalue weighted by Gasteiger charge is -2.32. The molecule has 1 fully saturated rings. The third-order valence-corrected chi connectivity index (χ3v) is 3.97. The predicted octanol–water partition coefficient (Wildman–Crippen LogP) is 3.04. The zero-order valence-electron chi connectivity index (χ0n) is 10.1. The highest BCUT2D eigenvalue weighted by molar-refractivity contribution is 7.07. The van der Waals surface area contributed by atoms with E-state index in [4.69, 9.17) is 4.74 Å². The summed E-state index contributed by atoms with van der Waals surface area (Å²) in [5, 5.41) is 7.99. The van der Waals surface area contributed by atoms with Crippen molar-refractivity contribution in [2.45, 2.75) is 45.4 Å². The van der Waals surface area contributed by atoms with Crippen LogP contribution in [0.25, 0.3) is 0 Å². The highest BCUT2D eigenvalue weighted by atomic mass is 32.1. The maximum absolute atomic E-state index is 5.77. The van der Waals surface area contributed by atoms with Crippen LogP contribution in [0.3, 0.4) is 0 Å². The van der Waals surface area contributed by atoms with E-state index in [0.717, 1.165) is 26.0 Å². The van der Waals surface area contributed by atoms with Gasteiger partial charge in [-0.3, -0.25) is 0 Å². The molecule has 1 saturated heterocycles. The van der Waals surface area contributed by atoms with Crippen LogP contribution in [0.2, 0.25) is 0 Å². The van der Waals surface area contributed by atoms with E-state index in [-0.39, 0.29) is 0 Å². The van der Waals surface area contributed by atoms with Crippen LogP contribution in [0.4, 0.5) is 0 Å². The Balaban J connectivity index is 1.77. The lowest BCUT2D eigenvalue weighted by molar-refractivity contribution is -0.0245. The van der Waals surface area contributed by atoms with Crippen LogP contribution in [0.5, 0.6) is 0 Å². The average Bonchev–Trinajstić information content (AvgIpc) is 2.79. The summed E-state index contributed by atoms with van der Waals surface area (Å²) in [6.07, 6.45) is 2.74. The zero-order valence-corrected chi connectivity index (χ0v) is 10.9. The number of thiophene rings is 1. The summed E-state index contributed by atoms with van der Waals surface area (Å²) >= 11 is 1.77. The SMILES string of the molecule is CC(C)C1CC(NCc2ccsc2)CCO1. The van der Waals surface area contributed by atoms with Crippen LogP contribution in [0, 0.1) is 5.92 Å². The van der Waals surface area contributed by atoms with E-state index in [1.165, 1.54) is 5.56 Å². The fraction of sp³-hybridized carbons (Fsp3) is 0.692. The number of hydrogen-bond donors (Lipinski definition) is 1. The van der Waals surface area contributed by atoms with Crippen molar-refractivity contribution in [3.8, 4) is 0 Å². The minimum Gasteiger partial charge on any atom is -0.378 e. The van der Waals surface area contributed by atoms with Gasteiger partial charge in [0.15, 0.2) is 0 Å². The molecule has 0 bridgehead atoms. The van der Waals surface area contributed by atoms with E-state index in [2.05, 4.69) is 36.0 Å². The van der Waals surface area contributed by atoms with Gasteiger partial charge in [-0.1, -0.05) is 13.8 Å². The van der Waals surface area contributed by atoms with Gasteiger partial charge in [-0.25, -0.2) is 0 Å². The molecule has 0 amide bonds. The largest absolute Gasteiger partial charge is 0.378 e. The minimum atomic E-state index is 0.439. The molecule has 0 saturated carbocycles. The van der Waals surface area contributed by atoms with E-state index in [1.807, 2.05) is 0 Å². The summed E-state index contributed by atoms with van der Waals surface area (Å²) in [6.45, 7) is 6.39. The summed E-state index contributed by atoms with van der Waals surface area (Å²) in [6, 6.07) is 2.82. The van der Waals surface area contributed by atoms with Gasteiger partial charge in [0.25, 0.3) is 0 Å². The molecule has 0 aliphatic carbocycles. The molecule has 1 aliphatic rings. The lowest BCUT2D eigenvalue weighted by Crippen LogP contribution is -2.40. The highest BCUT2D eigenvalue weighted by Crippen LogP contribution is 2.20. The fourth-order valence-corrected chi connectivity index (χ4v) is 2.80. The van der Waals surface area contributed by atoms with Gasteiger partial charge in [0.05, 0.1) is 6.10 Å². The van der Waals surface area contributed by atoms with Crippen LogP contribution in [-0.4, -0.2) is 18.8 Å². The number of hydrogen-bond acceptors (Lipinski definition) is 3. The second kappa shape index (κ2) is 5.80. The molecule has 0 radical (unpaired) electrons. The monoisotopic (exact) mass is 239 g/mol. The van der Waals surface area contributed by atoms with Gasteiger partial charge in [0, 0.05) is 19.2 Å². The predicted molar refractivity (Wildman–Crippen MR) is 68.8 cm³/mol. The molecule has 2 heterocycles. The van der Waals surface area contributed by atoms with E-state index >= 15 is 0 Å². The molecule has 90 valence electrons. The summed E-state index contributed by atoms with van der Waals surface area (Å²) in [7, 11) is 0. The van der Waals surface area contributed by atoms with Crippen LogP contribution in [-0.2, 0) is 11.3 Å². The van der Waals surface area contributed by atoms with Crippen molar-refractivity contribution in [3.05, 3.63) is 22.4 Å². The molecular weight excluding hydrogens is 218 g/mol. The second-order valence-corrected chi connectivity index (χ2v) is 5.67. The molecular formula is C13H21NOS. The second-order valence-electron chi connectivity index (χ2n) is 4.89. The molecule has 2 atom stereocenters. The van der Waals surface area contributed by atoms with Crippen LogP contribution in [0.1, 0.15) is 32.3 Å². The van der Waals surface area contributed by atoms with Crippen molar-refractivity contribution >= 4 is 11.3 Å². The van der Waals surface area contributed by atoms with Gasteiger partial charge in [0.1, 0.15) is 0 Å². The third kappa shape index (κ3) is 3.30. The van der Waals surface area contributed by atoms with Gasteiger partial charge >= 0.3 is 0 Å². The average molecular weight is 239 g/mol. The molecule has 2 nitrogen and oxygen atoms in total. The third-order valence-electron chi connectivity index (χ3n) is 3.23. The normalized spacial score (nSPS) is 26.2. The Morgan fingerprint density at radius 1 is 1.56 bits per heavy atom. The van der Waals surface area contributed by atoms with Crippen molar-refractivity contribution < 1.29 is 4.74 Å². The minimum absolute atomic E-state index is 0.439. The Morgan fingerprint density at radius 2 is 2.44 bits per heavy atom. The van der Waals surface area contributed by atoms with Gasteiger partial charge in [-0.05, 0) is 41.1 Å². The molecule has 2 rings (SSSR count). The molecule has 0 spiro atoms. The summed E-state index contributed by atoms with van der Waals surface area (Å²) in [5.74, 6) is 0.630. The van der Waals surface area contributed by atoms with E-state index < -0.39 is 0 Å². The van der Waals surface area contributed by atoms with Crippen molar-refractivity contribution in [1.82, 2.24) is 5.32 Å². The Bertz CT molecular complexity index is 297. The molecule has 1 N–H and O–H groups in total. The summed E-state index contributed by atoms with van der Waals surface area (Å²) < 4.78 is 5.77. The van der Waals surface area contributed by atoms with Crippen LogP contribution >= 0.6 is 11.3 Å². The number of rotatable bonds is 4. The molecule has 16 heavy (non-hydrogen) atoms. The van der Waals surface area contributed by atoms with E-state index in [9.17, 15) is 0 Å². The quantitative estimate of drug-likeness (QED) is 0.872. The topological polar surface area (TPSA) is 21.3 Å². The van der Waals surface area contributed by atoms with Crippen LogP contribution < -0.4 is 5.32 Å². The molecule has 2 unspecified atom stereocenters. The highest BCUT2D eigenvalue weighted by Gasteiger charge is 2.24. The molecule has 0 aromatic carbocycles. The van der Waals surface area contributed by atoms with Crippen LogP contribution in [0.15, 0.2) is 16.8 Å². The number of nitrogens with one attached hydrogen (secondary N) is 1. The smallest absolute Gasteiger partial charge is 0.0612 e. The lowest BCUT2D eigenvalue weighted by atomic mass is 9.95. The first-order chi connectivity index (χ1) is 7.75. The Kier molecular flexibility index (Phi) is 4.38. The molecule has 1 aromatic heterocycles. The van der Waals surface area contributed by atoms with Crippen molar-refractivity contribution in [3.63, 3.8) is 0 Å². The van der Waals surface area contributed by atoms with Gasteiger partial charge in [-0.15, -0.1) is 0 Å². The van der Waals surface area contributed by atoms with Crippen molar-refractivity contribution in [2.24, 2.45) is 5.92 Å². The van der Waals surface area contributed by atoms with Gasteiger partial charge in [0.2, 0.25) is 0 Å². The van der Waals surface area contributed by atoms with Gasteiger partial charge < -0.3 is 10.1 Å². The zero-order chi connectivity index (χ0) is 11.4. The summed E-state index contributed by atoms with van der Waals surface area (Å²) in [4.78, 5) is 0. The van der Waals surface area contributed by atoms with E-state index in [1.54, 1.807) is 11.3 Å². The van der Waals surface area contributed by atoms with E-state index in [0.29, 0.717) is 18.1 Å². The Labute approximate surface area is 102 Å².